The van der Waals surface area contributed by atoms with Gasteiger partial charge in [-0.05, 0) is 81.4 Å². The molecule has 0 bridgehead atoms. The Kier molecular flexibility index (Phi) is 15.0. The van der Waals surface area contributed by atoms with Crippen LogP contribution < -0.4 is 39.8 Å². The molecule has 2 heterocycles. The Bertz CT molecular complexity index is 1850. The fourth-order valence-corrected chi connectivity index (χ4v) is 8.34. The van der Waals surface area contributed by atoms with Gasteiger partial charge in [0.2, 0.25) is 5.69 Å². The van der Waals surface area contributed by atoms with Crippen LogP contribution in [-0.4, -0.2) is 85.3 Å². The summed E-state index contributed by atoms with van der Waals surface area (Å²) in [6, 6.07) is 13.8. The van der Waals surface area contributed by atoms with Crippen molar-refractivity contribution in [3.05, 3.63) is 83.1 Å². The van der Waals surface area contributed by atoms with Gasteiger partial charge < -0.3 is 19.3 Å². The first-order valence-electron chi connectivity index (χ1n) is 16.7. The zero-order valence-corrected chi connectivity index (χ0v) is 34.5. The molecule has 0 saturated carbocycles. The van der Waals surface area contributed by atoms with Gasteiger partial charge in [-0.3, -0.25) is 4.79 Å². The first-order chi connectivity index (χ1) is 23.0. The number of thioether (sulfide) groups is 1. The summed E-state index contributed by atoms with van der Waals surface area (Å²) < 4.78 is 69.7. The van der Waals surface area contributed by atoms with Crippen molar-refractivity contribution in [3.63, 3.8) is 0 Å². The van der Waals surface area contributed by atoms with E-state index >= 15 is 0 Å². The summed E-state index contributed by atoms with van der Waals surface area (Å²) in [6.07, 6.45) is 10.6. The number of anilines is 1. The van der Waals surface area contributed by atoms with Crippen LogP contribution in [0.15, 0.2) is 66.4 Å². The van der Waals surface area contributed by atoms with Crippen molar-refractivity contribution in [1.82, 2.24) is 5.32 Å². The molecule has 2 aromatic rings. The maximum atomic E-state index is 13.0. The number of unbranched alkanes of at least 4 members (excludes halogenated alkanes) is 2. The summed E-state index contributed by atoms with van der Waals surface area (Å²) in [5.41, 5.74) is 5.87. The number of fused-ring (bicyclic) bond motifs is 2. The quantitative estimate of drug-likeness (QED) is 0.111. The van der Waals surface area contributed by atoms with Gasteiger partial charge in [-0.1, -0.05) is 38.1 Å². The molecule has 0 aliphatic carbocycles. The van der Waals surface area contributed by atoms with Crippen molar-refractivity contribution in [2.45, 2.75) is 70.6 Å². The topological polar surface area (TPSA) is 150 Å². The Labute approximate surface area is 324 Å². The van der Waals surface area contributed by atoms with E-state index in [0.29, 0.717) is 38.0 Å². The number of nitrogens with zero attached hydrogens (tertiary/aromatic N) is 2. The Balaban J connectivity index is 0.00000676. The molecule has 0 spiro atoms. The molecular formula is C36H48N3NaO7S3. The average Bonchev–Trinajstić information content (AvgIpc) is 3.37. The van der Waals surface area contributed by atoms with Gasteiger partial charge in [0.05, 0.1) is 25.7 Å². The van der Waals surface area contributed by atoms with Gasteiger partial charge in [0.25, 0.3) is 5.91 Å². The molecule has 0 aromatic heterocycles. The zero-order chi connectivity index (χ0) is 36.0. The third kappa shape index (κ3) is 10.6. The van der Waals surface area contributed by atoms with Crippen LogP contribution in [0, 0.1) is 0 Å². The molecule has 1 amide bonds. The van der Waals surface area contributed by atoms with Crippen LogP contribution in [-0.2, 0) is 31.1 Å². The fraction of sp³-hybridized carbons (Fsp3) is 0.500. The Hall–Kier alpha value is -1.97. The van der Waals surface area contributed by atoms with Gasteiger partial charge >= 0.3 is 29.6 Å². The number of benzene rings is 2. The molecule has 0 fully saturated rings. The van der Waals surface area contributed by atoms with Gasteiger partial charge in [-0.15, -0.1) is 0 Å². The second-order valence-electron chi connectivity index (χ2n) is 13.6. The zero-order valence-electron chi connectivity index (χ0n) is 30.0. The van der Waals surface area contributed by atoms with Crippen molar-refractivity contribution < 1.29 is 64.9 Å². The van der Waals surface area contributed by atoms with Crippen molar-refractivity contribution in [3.8, 4) is 0 Å². The van der Waals surface area contributed by atoms with Crippen LogP contribution in [0.5, 0.6) is 0 Å². The number of hydrogen-bond donors (Lipinski definition) is 1. The Morgan fingerprint density at radius 1 is 0.900 bits per heavy atom. The van der Waals surface area contributed by atoms with E-state index in [2.05, 4.69) is 66.8 Å². The molecule has 268 valence electrons. The number of para-hydroxylation sites is 1. The van der Waals surface area contributed by atoms with Gasteiger partial charge in [0.1, 0.15) is 6.54 Å². The molecule has 2 aromatic carbocycles. The van der Waals surface area contributed by atoms with Crippen molar-refractivity contribution in [1.29, 1.82) is 0 Å². The summed E-state index contributed by atoms with van der Waals surface area (Å²) >= 11 is 1.74. The molecule has 2 aliphatic heterocycles. The number of carbonyl (C=O) groups excluding carboxylic acids is 1. The molecule has 0 unspecified atom stereocenters. The van der Waals surface area contributed by atoms with Crippen LogP contribution in [0.4, 0.5) is 11.4 Å². The maximum Gasteiger partial charge on any atom is 1.00 e. The number of hydrogen-bond acceptors (Lipinski definition) is 9. The minimum absolute atomic E-state index is 0. The van der Waals surface area contributed by atoms with E-state index in [0.717, 1.165) is 46.1 Å². The van der Waals surface area contributed by atoms with E-state index in [-0.39, 0.29) is 53.7 Å². The predicted octanol–water partition coefficient (Wildman–Crippen LogP) is 2.44. The predicted molar refractivity (Wildman–Crippen MR) is 196 cm³/mol. The SMILES string of the molecule is CSCCCNC(=O)c1ccc2c(c1)C(C)(C)/C(=C\C=C\C1=[N+](CCCCS(=O)(=O)[O-])c3ccccc3C1(C)C)N2CCCCS(=O)(=O)[O-].[Na+]. The minimum Gasteiger partial charge on any atom is -0.748 e. The number of nitrogens with one attached hydrogen (secondary N) is 1. The van der Waals surface area contributed by atoms with Crippen LogP contribution in [0.3, 0.4) is 0 Å². The second kappa shape index (κ2) is 17.7. The Morgan fingerprint density at radius 3 is 2.22 bits per heavy atom. The largest absolute Gasteiger partial charge is 1.00 e. The van der Waals surface area contributed by atoms with Gasteiger partial charge in [0, 0.05) is 71.1 Å². The smallest absolute Gasteiger partial charge is 0.748 e. The molecule has 1 N–H and O–H groups in total. The Morgan fingerprint density at radius 2 is 1.56 bits per heavy atom. The van der Waals surface area contributed by atoms with E-state index in [1.807, 2.05) is 42.7 Å². The maximum absolute atomic E-state index is 13.0. The first-order valence-corrected chi connectivity index (χ1v) is 21.2. The third-order valence-corrected chi connectivity index (χ3v) is 11.6. The fourth-order valence-electron chi connectivity index (χ4n) is 6.79. The van der Waals surface area contributed by atoms with E-state index in [1.54, 1.807) is 11.8 Å². The van der Waals surface area contributed by atoms with Gasteiger partial charge in [0.15, 0.2) is 5.71 Å². The molecule has 0 radical (unpaired) electrons. The molecule has 10 nitrogen and oxygen atoms in total. The second-order valence-corrected chi connectivity index (χ2v) is 17.7. The van der Waals surface area contributed by atoms with Crippen LogP contribution in [0.2, 0.25) is 0 Å². The van der Waals surface area contributed by atoms with E-state index in [1.165, 1.54) is 0 Å². The van der Waals surface area contributed by atoms with E-state index in [9.17, 15) is 30.7 Å². The molecule has 14 heteroatoms. The number of carbonyl (C=O) groups is 1. The summed E-state index contributed by atoms with van der Waals surface area (Å²) in [6.45, 7) is 10.2. The monoisotopic (exact) mass is 753 g/mol. The summed E-state index contributed by atoms with van der Waals surface area (Å²) in [4.78, 5) is 15.2. The summed E-state index contributed by atoms with van der Waals surface area (Å²) in [7, 11) is -8.59. The molecule has 2 aliphatic rings. The normalized spacial score (nSPS) is 17.3. The summed E-state index contributed by atoms with van der Waals surface area (Å²) in [5.74, 6) is 0.0253. The standard InChI is InChI=1S/C36H49N3O7S3.Na/c1-35(2)28-14-6-7-15-30(28)38(21-8-10-24-48(41,42)43)32(35)16-12-17-33-36(3,4)29-26-27(34(40)37-20-13-23-47-5)18-19-31(29)39(33)22-9-11-25-49(44,45)46;/h6-7,12,14-19,26H,8-11,13,20-25H2,1-5H3,(H2-,37,40,41,42,43,44,45,46);/q;+1/p-1. The number of rotatable bonds is 17. The minimum atomic E-state index is -4.31. The van der Waals surface area contributed by atoms with Gasteiger partial charge in [-0.25, -0.2) is 16.8 Å². The molecule has 0 saturated heterocycles. The first kappa shape index (κ1) is 42.4. The molecule has 0 atom stereocenters. The van der Waals surface area contributed by atoms with Crippen LogP contribution in [0.1, 0.15) is 81.3 Å². The third-order valence-electron chi connectivity index (χ3n) is 9.32. The van der Waals surface area contributed by atoms with Crippen LogP contribution in [0.25, 0.3) is 0 Å². The van der Waals surface area contributed by atoms with Crippen molar-refractivity contribution in [2.75, 3.05) is 48.0 Å². The van der Waals surface area contributed by atoms with Crippen LogP contribution >= 0.6 is 11.8 Å². The van der Waals surface area contributed by atoms with Crippen molar-refractivity contribution in [2.24, 2.45) is 0 Å². The van der Waals surface area contributed by atoms with Crippen molar-refractivity contribution >= 4 is 55.0 Å². The number of allylic oxidation sites excluding steroid dienone is 4. The average molecular weight is 754 g/mol. The van der Waals surface area contributed by atoms with E-state index in [4.69, 9.17) is 0 Å². The molecular weight excluding hydrogens is 706 g/mol. The van der Waals surface area contributed by atoms with Gasteiger partial charge in [-0.2, -0.15) is 16.3 Å². The number of amides is 1. The molecule has 50 heavy (non-hydrogen) atoms. The molecule has 4 rings (SSSR count). The van der Waals surface area contributed by atoms with E-state index < -0.39 is 37.2 Å². The summed E-state index contributed by atoms with van der Waals surface area (Å²) in [5, 5.41) is 3.01.